The number of rotatable bonds is 4. The molecule has 2 aromatic rings. The van der Waals surface area contributed by atoms with E-state index < -0.39 is 0 Å². The summed E-state index contributed by atoms with van der Waals surface area (Å²) in [5, 5.41) is 3.47. The SMILES string of the molecule is CC(Cc1ccccc1)Nc1ccncc1Br. The first kappa shape index (κ1) is 12.1. The van der Waals surface area contributed by atoms with Crippen LogP contribution in [0.3, 0.4) is 0 Å². The Bertz CT molecular complexity index is 471. The van der Waals surface area contributed by atoms with Gasteiger partial charge in [-0.05, 0) is 40.9 Å². The standard InChI is InChI=1S/C14H15BrN2/c1-11(9-12-5-3-2-4-6-12)17-14-7-8-16-10-13(14)15/h2-8,10-11H,9H2,1H3,(H,16,17). The molecule has 0 saturated carbocycles. The Morgan fingerprint density at radius 2 is 2.00 bits per heavy atom. The fourth-order valence-corrected chi connectivity index (χ4v) is 2.14. The minimum absolute atomic E-state index is 0.385. The summed E-state index contributed by atoms with van der Waals surface area (Å²) in [6.45, 7) is 2.18. The third kappa shape index (κ3) is 3.56. The molecule has 1 aromatic carbocycles. The van der Waals surface area contributed by atoms with Crippen LogP contribution in [0.15, 0.2) is 53.3 Å². The van der Waals surface area contributed by atoms with Crippen LogP contribution >= 0.6 is 15.9 Å². The number of pyridine rings is 1. The molecule has 3 heteroatoms. The lowest BCUT2D eigenvalue weighted by Gasteiger charge is -2.16. The normalized spacial score (nSPS) is 12.1. The van der Waals surface area contributed by atoms with Gasteiger partial charge in [-0.15, -0.1) is 0 Å². The lowest BCUT2D eigenvalue weighted by Crippen LogP contribution is -2.18. The molecule has 1 heterocycles. The predicted molar refractivity (Wildman–Crippen MR) is 75.2 cm³/mol. The first-order valence-corrected chi connectivity index (χ1v) is 6.45. The van der Waals surface area contributed by atoms with E-state index in [0.29, 0.717) is 6.04 Å². The first-order valence-electron chi connectivity index (χ1n) is 5.65. The number of halogens is 1. The van der Waals surface area contributed by atoms with Crippen molar-refractivity contribution in [2.75, 3.05) is 5.32 Å². The zero-order valence-electron chi connectivity index (χ0n) is 9.73. The maximum atomic E-state index is 4.05. The highest BCUT2D eigenvalue weighted by molar-refractivity contribution is 9.10. The maximum Gasteiger partial charge on any atom is 0.0590 e. The van der Waals surface area contributed by atoms with Gasteiger partial charge in [0, 0.05) is 18.4 Å². The molecule has 0 bridgehead atoms. The topological polar surface area (TPSA) is 24.9 Å². The molecule has 1 unspecified atom stereocenters. The van der Waals surface area contributed by atoms with E-state index in [2.05, 4.69) is 57.4 Å². The molecule has 0 aliphatic rings. The van der Waals surface area contributed by atoms with Gasteiger partial charge in [-0.3, -0.25) is 4.98 Å². The van der Waals surface area contributed by atoms with Gasteiger partial charge in [0.2, 0.25) is 0 Å². The average molecular weight is 291 g/mol. The molecule has 0 fully saturated rings. The number of hydrogen-bond donors (Lipinski definition) is 1. The van der Waals surface area contributed by atoms with Crippen molar-refractivity contribution in [1.82, 2.24) is 4.98 Å². The predicted octanol–water partition coefficient (Wildman–Crippen LogP) is 3.89. The Kier molecular flexibility index (Phi) is 4.15. The second kappa shape index (κ2) is 5.82. The van der Waals surface area contributed by atoms with E-state index in [9.17, 15) is 0 Å². The largest absolute Gasteiger partial charge is 0.381 e. The van der Waals surface area contributed by atoms with Crippen molar-refractivity contribution in [2.24, 2.45) is 0 Å². The van der Waals surface area contributed by atoms with Crippen molar-refractivity contribution in [3.63, 3.8) is 0 Å². The van der Waals surface area contributed by atoms with E-state index in [4.69, 9.17) is 0 Å². The summed E-state index contributed by atoms with van der Waals surface area (Å²) in [6, 6.07) is 12.9. The number of aromatic nitrogens is 1. The Morgan fingerprint density at radius 3 is 2.71 bits per heavy atom. The van der Waals surface area contributed by atoms with Crippen LogP contribution < -0.4 is 5.32 Å². The molecule has 1 atom stereocenters. The van der Waals surface area contributed by atoms with Crippen LogP contribution in [0.25, 0.3) is 0 Å². The molecule has 0 saturated heterocycles. The van der Waals surface area contributed by atoms with Gasteiger partial charge in [-0.1, -0.05) is 30.3 Å². The van der Waals surface area contributed by atoms with Gasteiger partial charge >= 0.3 is 0 Å². The van der Waals surface area contributed by atoms with Crippen LogP contribution in [0.5, 0.6) is 0 Å². The second-order valence-electron chi connectivity index (χ2n) is 4.09. The van der Waals surface area contributed by atoms with Crippen LogP contribution in [0.2, 0.25) is 0 Å². The molecule has 1 N–H and O–H groups in total. The number of nitrogens with zero attached hydrogens (tertiary/aromatic N) is 1. The van der Waals surface area contributed by atoms with Crippen LogP contribution in [0, 0.1) is 0 Å². The zero-order chi connectivity index (χ0) is 12.1. The summed E-state index contributed by atoms with van der Waals surface area (Å²) < 4.78 is 1.000. The Balaban J connectivity index is 1.98. The summed E-state index contributed by atoms with van der Waals surface area (Å²) in [6.07, 6.45) is 4.61. The van der Waals surface area contributed by atoms with Crippen molar-refractivity contribution in [3.8, 4) is 0 Å². The van der Waals surface area contributed by atoms with Gasteiger partial charge in [0.05, 0.1) is 10.2 Å². The maximum absolute atomic E-state index is 4.05. The molecule has 0 aliphatic carbocycles. The molecule has 2 nitrogen and oxygen atoms in total. The molecule has 0 aliphatic heterocycles. The summed E-state index contributed by atoms with van der Waals surface area (Å²) in [5.41, 5.74) is 2.43. The molecule has 17 heavy (non-hydrogen) atoms. The monoisotopic (exact) mass is 290 g/mol. The fourth-order valence-electron chi connectivity index (χ4n) is 1.78. The molecule has 2 rings (SSSR count). The molecule has 1 aromatic heterocycles. The van der Waals surface area contributed by atoms with E-state index >= 15 is 0 Å². The minimum atomic E-state index is 0.385. The molecule has 0 amide bonds. The summed E-state index contributed by atoms with van der Waals surface area (Å²) in [4.78, 5) is 4.05. The third-order valence-corrected chi connectivity index (χ3v) is 3.19. The van der Waals surface area contributed by atoms with Crippen LogP contribution in [-0.2, 0) is 6.42 Å². The summed E-state index contributed by atoms with van der Waals surface area (Å²) >= 11 is 3.49. The van der Waals surface area contributed by atoms with Crippen molar-refractivity contribution in [3.05, 3.63) is 58.8 Å². The van der Waals surface area contributed by atoms with Crippen molar-refractivity contribution in [2.45, 2.75) is 19.4 Å². The lowest BCUT2D eigenvalue weighted by atomic mass is 10.1. The molecule has 0 radical (unpaired) electrons. The smallest absolute Gasteiger partial charge is 0.0590 e. The third-order valence-electron chi connectivity index (χ3n) is 2.56. The lowest BCUT2D eigenvalue weighted by molar-refractivity contribution is 0.789. The Morgan fingerprint density at radius 1 is 1.24 bits per heavy atom. The van der Waals surface area contributed by atoms with E-state index in [1.54, 1.807) is 12.4 Å². The van der Waals surface area contributed by atoms with Gasteiger partial charge in [0.15, 0.2) is 0 Å². The highest BCUT2D eigenvalue weighted by atomic mass is 79.9. The Labute approximate surface area is 110 Å². The van der Waals surface area contributed by atoms with E-state index in [1.807, 2.05) is 12.1 Å². The quantitative estimate of drug-likeness (QED) is 0.924. The van der Waals surface area contributed by atoms with E-state index in [0.717, 1.165) is 16.6 Å². The van der Waals surface area contributed by atoms with Gasteiger partial charge in [-0.2, -0.15) is 0 Å². The van der Waals surface area contributed by atoms with Gasteiger partial charge < -0.3 is 5.32 Å². The highest BCUT2D eigenvalue weighted by Gasteiger charge is 2.05. The van der Waals surface area contributed by atoms with Gasteiger partial charge in [0.25, 0.3) is 0 Å². The van der Waals surface area contributed by atoms with Crippen LogP contribution in [0.4, 0.5) is 5.69 Å². The number of anilines is 1. The molecule has 88 valence electrons. The summed E-state index contributed by atoms with van der Waals surface area (Å²) in [5.74, 6) is 0. The van der Waals surface area contributed by atoms with Gasteiger partial charge in [-0.25, -0.2) is 0 Å². The molecular formula is C14H15BrN2. The Hall–Kier alpha value is -1.35. The van der Waals surface area contributed by atoms with Crippen molar-refractivity contribution in [1.29, 1.82) is 0 Å². The average Bonchev–Trinajstić information content (AvgIpc) is 2.33. The van der Waals surface area contributed by atoms with Gasteiger partial charge in [0.1, 0.15) is 0 Å². The van der Waals surface area contributed by atoms with Crippen LogP contribution in [0.1, 0.15) is 12.5 Å². The number of nitrogens with one attached hydrogen (secondary N) is 1. The summed E-state index contributed by atoms with van der Waals surface area (Å²) in [7, 11) is 0. The zero-order valence-corrected chi connectivity index (χ0v) is 11.3. The number of hydrogen-bond acceptors (Lipinski definition) is 2. The minimum Gasteiger partial charge on any atom is -0.381 e. The van der Waals surface area contributed by atoms with Crippen LogP contribution in [-0.4, -0.2) is 11.0 Å². The van der Waals surface area contributed by atoms with Crippen molar-refractivity contribution < 1.29 is 0 Å². The van der Waals surface area contributed by atoms with E-state index in [1.165, 1.54) is 5.56 Å². The second-order valence-corrected chi connectivity index (χ2v) is 4.94. The molecule has 0 spiro atoms. The van der Waals surface area contributed by atoms with E-state index in [-0.39, 0.29) is 0 Å². The first-order chi connectivity index (χ1) is 8.25. The highest BCUT2D eigenvalue weighted by Crippen LogP contribution is 2.21. The van der Waals surface area contributed by atoms with Crippen molar-refractivity contribution >= 4 is 21.6 Å². The molecular weight excluding hydrogens is 276 g/mol. The fraction of sp³-hybridized carbons (Fsp3) is 0.214. The number of benzene rings is 1.